The lowest BCUT2D eigenvalue weighted by molar-refractivity contribution is -0.122. The molecule has 0 atom stereocenters. The molecule has 1 aliphatic heterocycles. The Morgan fingerprint density at radius 1 is 1.17 bits per heavy atom. The lowest BCUT2D eigenvalue weighted by Gasteiger charge is -2.34. The number of nitrogens with zero attached hydrogens (tertiary/aromatic N) is 2. The average Bonchev–Trinajstić information content (AvgIpc) is 3.04. The van der Waals surface area contributed by atoms with Crippen LogP contribution in [0.1, 0.15) is 46.3 Å². The summed E-state index contributed by atoms with van der Waals surface area (Å²) < 4.78 is 0. The van der Waals surface area contributed by atoms with Crippen LogP contribution < -0.4 is 5.32 Å². The molecule has 1 fully saturated rings. The highest BCUT2D eigenvalue weighted by atomic mass is 32.1. The van der Waals surface area contributed by atoms with Crippen molar-refractivity contribution in [1.82, 2.24) is 15.1 Å². The fourth-order valence-corrected chi connectivity index (χ4v) is 4.61. The highest BCUT2D eigenvalue weighted by molar-refractivity contribution is 7.14. The first kappa shape index (κ1) is 17.4. The number of rotatable bonds is 5. The van der Waals surface area contributed by atoms with Gasteiger partial charge in [-0.25, -0.2) is 0 Å². The van der Waals surface area contributed by atoms with Crippen molar-refractivity contribution in [3.05, 3.63) is 21.4 Å². The fraction of sp³-hybridized carbons (Fsp3) is 0.667. The van der Waals surface area contributed by atoms with Crippen LogP contribution in [0.2, 0.25) is 0 Å². The summed E-state index contributed by atoms with van der Waals surface area (Å²) in [5.74, 6) is 0.257. The topological polar surface area (TPSA) is 52.7 Å². The summed E-state index contributed by atoms with van der Waals surface area (Å²) in [5.41, 5.74) is 1.39. The van der Waals surface area contributed by atoms with Gasteiger partial charge < -0.3 is 10.2 Å². The third-order valence-electron chi connectivity index (χ3n) is 4.81. The van der Waals surface area contributed by atoms with Crippen LogP contribution >= 0.6 is 11.3 Å². The second kappa shape index (κ2) is 8.12. The minimum absolute atomic E-state index is 0.0857. The number of piperazine rings is 1. The Morgan fingerprint density at radius 2 is 1.92 bits per heavy atom. The zero-order chi connectivity index (χ0) is 16.9. The van der Waals surface area contributed by atoms with Crippen molar-refractivity contribution >= 4 is 23.2 Å². The summed E-state index contributed by atoms with van der Waals surface area (Å²) in [6.07, 6.45) is 5.71. The van der Waals surface area contributed by atoms with Crippen LogP contribution in [0.5, 0.6) is 0 Å². The van der Waals surface area contributed by atoms with Crippen molar-refractivity contribution in [3.8, 4) is 0 Å². The third-order valence-corrected chi connectivity index (χ3v) is 6.03. The Morgan fingerprint density at radius 3 is 2.62 bits per heavy atom. The minimum Gasteiger partial charge on any atom is -0.355 e. The van der Waals surface area contributed by atoms with Gasteiger partial charge in [0, 0.05) is 37.6 Å². The van der Waals surface area contributed by atoms with Gasteiger partial charge in [-0.05, 0) is 43.7 Å². The number of carbonyl (C=O) groups is 2. The first-order valence-corrected chi connectivity index (χ1v) is 9.89. The Labute approximate surface area is 148 Å². The molecule has 0 spiro atoms. The molecule has 1 aromatic heterocycles. The Balaban J connectivity index is 1.50. The monoisotopic (exact) mass is 349 g/mol. The number of hydrogen-bond donors (Lipinski definition) is 1. The summed E-state index contributed by atoms with van der Waals surface area (Å²) in [7, 11) is 0. The van der Waals surface area contributed by atoms with E-state index in [4.69, 9.17) is 0 Å². The van der Waals surface area contributed by atoms with E-state index in [0.29, 0.717) is 19.6 Å². The average molecular weight is 350 g/mol. The van der Waals surface area contributed by atoms with Crippen LogP contribution in [0, 0.1) is 0 Å². The minimum atomic E-state index is 0.0857. The molecule has 2 amide bonds. The van der Waals surface area contributed by atoms with Crippen LogP contribution in [-0.2, 0) is 17.6 Å². The number of aryl methyl sites for hydroxylation is 2. The Hall–Kier alpha value is -1.40. The van der Waals surface area contributed by atoms with Gasteiger partial charge >= 0.3 is 0 Å². The predicted molar refractivity (Wildman–Crippen MR) is 96.6 cm³/mol. The van der Waals surface area contributed by atoms with Crippen LogP contribution in [0.25, 0.3) is 0 Å². The molecule has 0 unspecified atom stereocenters. The molecule has 2 heterocycles. The van der Waals surface area contributed by atoms with E-state index in [1.54, 1.807) is 11.3 Å². The zero-order valence-corrected chi connectivity index (χ0v) is 15.3. The Bertz CT molecular complexity index is 568. The standard InChI is InChI=1S/C18H27N3O2S/c1-2-7-19-17(22)13-20-8-10-21(11-9-20)18(23)16-12-14-5-3-4-6-15(14)24-16/h12H,2-11,13H2,1H3,(H,19,22). The van der Waals surface area contributed by atoms with Gasteiger partial charge in [0.25, 0.3) is 5.91 Å². The van der Waals surface area contributed by atoms with Crippen molar-refractivity contribution in [1.29, 1.82) is 0 Å². The summed E-state index contributed by atoms with van der Waals surface area (Å²) in [6.45, 7) is 6.19. The third kappa shape index (κ3) is 4.16. The van der Waals surface area contributed by atoms with E-state index in [0.717, 1.165) is 43.8 Å². The molecule has 6 heteroatoms. The summed E-state index contributed by atoms with van der Waals surface area (Å²) in [5, 5.41) is 2.91. The molecule has 132 valence electrons. The van der Waals surface area contributed by atoms with E-state index < -0.39 is 0 Å². The number of thiophene rings is 1. The van der Waals surface area contributed by atoms with Crippen molar-refractivity contribution in [3.63, 3.8) is 0 Å². The molecular weight excluding hydrogens is 322 g/mol. The van der Waals surface area contributed by atoms with Gasteiger partial charge in [0.1, 0.15) is 0 Å². The molecule has 2 aliphatic rings. The van der Waals surface area contributed by atoms with Gasteiger partial charge in [0.2, 0.25) is 5.91 Å². The van der Waals surface area contributed by atoms with Crippen LogP contribution in [-0.4, -0.2) is 60.9 Å². The maximum atomic E-state index is 12.7. The highest BCUT2D eigenvalue weighted by Crippen LogP contribution is 2.30. The lowest BCUT2D eigenvalue weighted by atomic mass is 9.99. The molecule has 1 saturated heterocycles. The summed E-state index contributed by atoms with van der Waals surface area (Å²) in [4.78, 5) is 30.9. The molecule has 5 nitrogen and oxygen atoms in total. The molecule has 1 aliphatic carbocycles. The van der Waals surface area contributed by atoms with Crippen molar-refractivity contribution in [2.24, 2.45) is 0 Å². The van der Waals surface area contributed by atoms with E-state index in [-0.39, 0.29) is 11.8 Å². The van der Waals surface area contributed by atoms with Crippen molar-refractivity contribution < 1.29 is 9.59 Å². The predicted octanol–water partition coefficient (Wildman–Crippen LogP) is 1.91. The molecule has 24 heavy (non-hydrogen) atoms. The van der Waals surface area contributed by atoms with Crippen LogP contribution in [0.4, 0.5) is 0 Å². The number of fused-ring (bicyclic) bond motifs is 1. The SMILES string of the molecule is CCCNC(=O)CN1CCN(C(=O)c2cc3c(s2)CCCC3)CC1. The molecule has 0 bridgehead atoms. The smallest absolute Gasteiger partial charge is 0.264 e. The normalized spacial score (nSPS) is 18.3. The van der Waals surface area contributed by atoms with E-state index in [1.807, 2.05) is 11.8 Å². The number of hydrogen-bond acceptors (Lipinski definition) is 4. The first-order valence-electron chi connectivity index (χ1n) is 9.07. The molecule has 0 aromatic carbocycles. The largest absolute Gasteiger partial charge is 0.355 e. The molecular formula is C18H27N3O2S. The van der Waals surface area contributed by atoms with Gasteiger partial charge in [0.05, 0.1) is 11.4 Å². The fourth-order valence-electron chi connectivity index (χ4n) is 3.38. The van der Waals surface area contributed by atoms with E-state index >= 15 is 0 Å². The summed E-state index contributed by atoms with van der Waals surface area (Å²) in [6, 6.07) is 2.12. The van der Waals surface area contributed by atoms with Crippen molar-refractivity contribution in [2.45, 2.75) is 39.0 Å². The molecule has 0 saturated carbocycles. The highest BCUT2D eigenvalue weighted by Gasteiger charge is 2.25. The van der Waals surface area contributed by atoms with E-state index in [9.17, 15) is 9.59 Å². The summed E-state index contributed by atoms with van der Waals surface area (Å²) >= 11 is 1.69. The van der Waals surface area contributed by atoms with Crippen LogP contribution in [0.3, 0.4) is 0 Å². The Kier molecular flexibility index (Phi) is 5.89. The van der Waals surface area contributed by atoms with Gasteiger partial charge in [-0.3, -0.25) is 14.5 Å². The van der Waals surface area contributed by atoms with E-state index in [1.165, 1.54) is 23.3 Å². The second-order valence-electron chi connectivity index (χ2n) is 6.68. The second-order valence-corrected chi connectivity index (χ2v) is 7.82. The molecule has 3 rings (SSSR count). The quantitative estimate of drug-likeness (QED) is 0.883. The maximum Gasteiger partial charge on any atom is 0.264 e. The number of amides is 2. The van der Waals surface area contributed by atoms with Gasteiger partial charge in [-0.15, -0.1) is 11.3 Å². The van der Waals surface area contributed by atoms with E-state index in [2.05, 4.69) is 16.3 Å². The molecule has 1 aromatic rings. The van der Waals surface area contributed by atoms with Crippen LogP contribution in [0.15, 0.2) is 6.07 Å². The van der Waals surface area contributed by atoms with Crippen molar-refractivity contribution in [2.75, 3.05) is 39.3 Å². The van der Waals surface area contributed by atoms with Gasteiger partial charge in [0.15, 0.2) is 0 Å². The maximum absolute atomic E-state index is 12.7. The first-order chi connectivity index (χ1) is 11.7. The zero-order valence-electron chi connectivity index (χ0n) is 14.5. The van der Waals surface area contributed by atoms with Gasteiger partial charge in [-0.2, -0.15) is 0 Å². The molecule has 1 N–H and O–H groups in total. The molecule has 0 radical (unpaired) electrons. The number of nitrogens with one attached hydrogen (secondary N) is 1. The number of carbonyl (C=O) groups excluding carboxylic acids is 2. The van der Waals surface area contributed by atoms with Gasteiger partial charge in [-0.1, -0.05) is 6.92 Å². The lowest BCUT2D eigenvalue weighted by Crippen LogP contribution is -2.51.